The van der Waals surface area contributed by atoms with Crippen LogP contribution in [0.3, 0.4) is 0 Å². The molecule has 0 saturated heterocycles. The van der Waals surface area contributed by atoms with E-state index in [-0.39, 0.29) is 12.1 Å². The fourth-order valence-corrected chi connectivity index (χ4v) is 2.87. The number of carbonyl (C=O) groups excluding carboxylic acids is 1. The molecule has 0 radical (unpaired) electrons. The molecule has 136 valence electrons. The molecule has 0 fully saturated rings. The third-order valence-corrected chi connectivity index (χ3v) is 4.31. The first-order chi connectivity index (χ1) is 11.8. The lowest BCUT2D eigenvalue weighted by Crippen LogP contribution is -2.38. The first-order valence-corrected chi connectivity index (χ1v) is 8.51. The van der Waals surface area contributed by atoms with E-state index < -0.39 is 0 Å². The van der Waals surface area contributed by atoms with Crippen LogP contribution in [-0.4, -0.2) is 34.9 Å². The van der Waals surface area contributed by atoms with Crippen molar-refractivity contribution in [3.8, 4) is 0 Å². The third kappa shape index (κ3) is 4.49. The van der Waals surface area contributed by atoms with Gasteiger partial charge in [-0.05, 0) is 32.4 Å². The molecule has 0 aliphatic heterocycles. The van der Waals surface area contributed by atoms with Crippen molar-refractivity contribution < 1.29 is 4.79 Å². The van der Waals surface area contributed by atoms with Gasteiger partial charge >= 0.3 is 6.03 Å². The maximum atomic E-state index is 12.3. The van der Waals surface area contributed by atoms with Crippen molar-refractivity contribution in [1.29, 1.82) is 0 Å². The summed E-state index contributed by atoms with van der Waals surface area (Å²) in [6.45, 7) is 6.43. The zero-order valence-electron chi connectivity index (χ0n) is 15.9. The molecule has 0 aliphatic rings. The van der Waals surface area contributed by atoms with Crippen molar-refractivity contribution in [2.75, 3.05) is 19.0 Å². The fourth-order valence-electron chi connectivity index (χ4n) is 2.87. The number of urea groups is 1. The van der Waals surface area contributed by atoms with Crippen LogP contribution in [0.2, 0.25) is 0 Å². The second-order valence-corrected chi connectivity index (χ2v) is 6.38. The van der Waals surface area contributed by atoms with Gasteiger partial charge in [0, 0.05) is 32.4 Å². The summed E-state index contributed by atoms with van der Waals surface area (Å²) in [4.78, 5) is 18.8. The molecule has 7 heteroatoms. The van der Waals surface area contributed by atoms with Gasteiger partial charge in [-0.1, -0.05) is 13.0 Å². The molecule has 0 aromatic carbocycles. The van der Waals surface area contributed by atoms with Gasteiger partial charge in [-0.15, -0.1) is 0 Å². The Hall–Kier alpha value is -2.57. The lowest BCUT2D eigenvalue weighted by atomic mass is 10.0. The van der Waals surface area contributed by atoms with Crippen molar-refractivity contribution in [3.63, 3.8) is 0 Å². The first kappa shape index (κ1) is 18.8. The zero-order valence-corrected chi connectivity index (χ0v) is 15.9. The van der Waals surface area contributed by atoms with Crippen LogP contribution in [0, 0.1) is 13.8 Å². The molecule has 0 unspecified atom stereocenters. The Bertz CT molecular complexity index is 737. The van der Waals surface area contributed by atoms with E-state index in [2.05, 4.69) is 27.6 Å². The Labute approximate surface area is 149 Å². The minimum atomic E-state index is -0.202. The second kappa shape index (κ2) is 8.00. The van der Waals surface area contributed by atoms with Gasteiger partial charge in [0.05, 0.1) is 24.0 Å². The van der Waals surface area contributed by atoms with Gasteiger partial charge in [-0.25, -0.2) is 9.78 Å². The summed E-state index contributed by atoms with van der Waals surface area (Å²) >= 11 is 0. The standard InChI is InChI=1S/C18H28N6O/c1-7-15(17-12(2)22-24(6)13(17)3)21-18(25)19-11-14-9-8-10-16(20-14)23(4)5/h8-10,15H,7,11H2,1-6H3,(H2,19,21,25)/t15-/m1/s1. The number of aromatic nitrogens is 3. The summed E-state index contributed by atoms with van der Waals surface area (Å²) in [5, 5.41) is 10.4. The topological polar surface area (TPSA) is 75.1 Å². The zero-order chi connectivity index (χ0) is 18.6. The van der Waals surface area contributed by atoms with Gasteiger partial charge in [0.25, 0.3) is 0 Å². The third-order valence-electron chi connectivity index (χ3n) is 4.31. The Kier molecular flexibility index (Phi) is 6.01. The molecule has 25 heavy (non-hydrogen) atoms. The quantitative estimate of drug-likeness (QED) is 0.844. The number of amides is 2. The molecule has 2 aromatic rings. The Morgan fingerprint density at radius 1 is 1.32 bits per heavy atom. The van der Waals surface area contributed by atoms with Gasteiger partial charge < -0.3 is 15.5 Å². The van der Waals surface area contributed by atoms with E-state index in [4.69, 9.17) is 0 Å². The number of hydrogen-bond donors (Lipinski definition) is 2. The predicted molar refractivity (Wildman–Crippen MR) is 99.6 cm³/mol. The summed E-state index contributed by atoms with van der Waals surface area (Å²) in [7, 11) is 5.80. The van der Waals surface area contributed by atoms with Crippen LogP contribution in [0.4, 0.5) is 10.6 Å². The second-order valence-electron chi connectivity index (χ2n) is 6.38. The van der Waals surface area contributed by atoms with Crippen molar-refractivity contribution >= 4 is 11.8 Å². The van der Waals surface area contributed by atoms with Gasteiger partial charge in [0.2, 0.25) is 0 Å². The minimum Gasteiger partial charge on any atom is -0.363 e. The van der Waals surface area contributed by atoms with Crippen LogP contribution in [0.25, 0.3) is 0 Å². The molecule has 7 nitrogen and oxygen atoms in total. The van der Waals surface area contributed by atoms with E-state index in [0.29, 0.717) is 6.54 Å². The average molecular weight is 344 g/mol. The summed E-state index contributed by atoms with van der Waals surface area (Å²) in [5.74, 6) is 0.868. The highest BCUT2D eigenvalue weighted by Crippen LogP contribution is 2.23. The highest BCUT2D eigenvalue weighted by Gasteiger charge is 2.20. The SMILES string of the molecule is CC[C@@H](NC(=O)NCc1cccc(N(C)C)n1)c1c(C)nn(C)c1C. The van der Waals surface area contributed by atoms with Gasteiger partial charge in [-0.2, -0.15) is 5.10 Å². The highest BCUT2D eigenvalue weighted by molar-refractivity contribution is 5.74. The fraction of sp³-hybridized carbons (Fsp3) is 0.500. The normalized spacial score (nSPS) is 11.9. The average Bonchev–Trinajstić information content (AvgIpc) is 2.83. The van der Waals surface area contributed by atoms with Crippen molar-refractivity contribution in [2.24, 2.45) is 7.05 Å². The van der Waals surface area contributed by atoms with E-state index in [1.165, 1.54) is 0 Å². The van der Waals surface area contributed by atoms with Gasteiger partial charge in [0.1, 0.15) is 5.82 Å². The summed E-state index contributed by atoms with van der Waals surface area (Å²) in [6, 6.07) is 5.51. The Balaban J connectivity index is 2.00. The number of pyridine rings is 1. The number of hydrogen-bond acceptors (Lipinski definition) is 4. The molecule has 2 heterocycles. The number of aryl methyl sites for hydroxylation is 2. The molecule has 0 saturated carbocycles. The molecule has 0 spiro atoms. The molecule has 2 aromatic heterocycles. The maximum absolute atomic E-state index is 12.3. The van der Waals surface area contributed by atoms with Crippen molar-refractivity contribution in [1.82, 2.24) is 25.4 Å². The Morgan fingerprint density at radius 3 is 2.60 bits per heavy atom. The van der Waals surface area contributed by atoms with Crippen LogP contribution in [-0.2, 0) is 13.6 Å². The molecular weight excluding hydrogens is 316 g/mol. The predicted octanol–water partition coefficient (Wildman–Crippen LogP) is 2.45. The maximum Gasteiger partial charge on any atom is 0.315 e. The highest BCUT2D eigenvalue weighted by atomic mass is 16.2. The minimum absolute atomic E-state index is 0.0604. The van der Waals surface area contributed by atoms with E-state index in [9.17, 15) is 4.79 Å². The molecule has 1 atom stereocenters. The lowest BCUT2D eigenvalue weighted by molar-refractivity contribution is 0.236. The van der Waals surface area contributed by atoms with E-state index in [1.54, 1.807) is 0 Å². The number of nitrogens with zero attached hydrogens (tertiary/aromatic N) is 4. The van der Waals surface area contributed by atoms with Crippen LogP contribution in [0.15, 0.2) is 18.2 Å². The van der Waals surface area contributed by atoms with Crippen molar-refractivity contribution in [2.45, 2.75) is 39.8 Å². The van der Waals surface area contributed by atoms with Gasteiger partial charge in [0.15, 0.2) is 0 Å². The van der Waals surface area contributed by atoms with Crippen LogP contribution in [0.5, 0.6) is 0 Å². The molecule has 0 aliphatic carbocycles. The largest absolute Gasteiger partial charge is 0.363 e. The van der Waals surface area contributed by atoms with E-state index in [0.717, 1.165) is 34.9 Å². The number of carbonyl (C=O) groups is 1. The number of nitrogens with one attached hydrogen (secondary N) is 2. The molecule has 2 rings (SSSR count). The lowest BCUT2D eigenvalue weighted by Gasteiger charge is -2.18. The molecule has 2 amide bonds. The van der Waals surface area contributed by atoms with E-state index in [1.807, 2.05) is 62.8 Å². The molecule has 2 N–H and O–H groups in total. The monoisotopic (exact) mass is 344 g/mol. The first-order valence-electron chi connectivity index (χ1n) is 8.51. The van der Waals surface area contributed by atoms with Crippen LogP contribution < -0.4 is 15.5 Å². The van der Waals surface area contributed by atoms with E-state index >= 15 is 0 Å². The number of rotatable bonds is 6. The number of anilines is 1. The summed E-state index contributed by atoms with van der Waals surface area (Å²) in [6.07, 6.45) is 0.801. The van der Waals surface area contributed by atoms with Crippen LogP contribution in [0.1, 0.15) is 42.0 Å². The smallest absolute Gasteiger partial charge is 0.315 e. The summed E-state index contributed by atoms with van der Waals surface area (Å²) < 4.78 is 1.85. The molecular formula is C18H28N6O. The summed E-state index contributed by atoms with van der Waals surface area (Å²) in [5.41, 5.74) is 3.94. The van der Waals surface area contributed by atoms with Crippen LogP contribution >= 0.6 is 0 Å². The van der Waals surface area contributed by atoms with Gasteiger partial charge in [-0.3, -0.25) is 4.68 Å². The van der Waals surface area contributed by atoms with Crippen molar-refractivity contribution in [3.05, 3.63) is 40.8 Å². The Morgan fingerprint density at radius 2 is 2.04 bits per heavy atom. The molecule has 0 bridgehead atoms.